The Morgan fingerprint density at radius 3 is 2.42 bits per heavy atom. The summed E-state index contributed by atoms with van der Waals surface area (Å²) in [4.78, 5) is 17.2. The van der Waals surface area contributed by atoms with Crippen molar-refractivity contribution in [2.45, 2.75) is 44.3 Å². The summed E-state index contributed by atoms with van der Waals surface area (Å²) in [5.41, 5.74) is -8.44. The van der Waals surface area contributed by atoms with E-state index in [-0.39, 0.29) is 47.2 Å². The van der Waals surface area contributed by atoms with E-state index in [0.29, 0.717) is 13.2 Å². The number of alkyl carbamates (subject to hydrolysis) is 1. The van der Waals surface area contributed by atoms with E-state index in [9.17, 15) is 26.4 Å². The number of ether oxygens (including phenoxy) is 4. The van der Waals surface area contributed by atoms with Gasteiger partial charge in [0.05, 0.1) is 25.2 Å². The van der Waals surface area contributed by atoms with Crippen molar-refractivity contribution < 1.29 is 53.9 Å². The summed E-state index contributed by atoms with van der Waals surface area (Å²) in [6, 6.07) is 5.67. The number of benzene rings is 2. The van der Waals surface area contributed by atoms with Crippen LogP contribution in [-0.4, -0.2) is 57.9 Å². The van der Waals surface area contributed by atoms with Crippen LogP contribution in [0.1, 0.15) is 44.4 Å². The second-order valence-corrected chi connectivity index (χ2v) is 13.0. The zero-order valence-electron chi connectivity index (χ0n) is 23.3. The topological polar surface area (TPSA) is 122 Å². The van der Waals surface area contributed by atoms with Gasteiger partial charge in [0.15, 0.2) is 11.6 Å². The first-order valence-corrected chi connectivity index (χ1v) is 14.3. The highest BCUT2D eigenvalue weighted by Crippen LogP contribution is 2.52. The lowest BCUT2D eigenvalue weighted by molar-refractivity contribution is -0.0648. The van der Waals surface area contributed by atoms with E-state index in [1.54, 1.807) is 20.8 Å². The van der Waals surface area contributed by atoms with Gasteiger partial charge in [-0.15, -0.1) is 0 Å². The van der Waals surface area contributed by atoms with Crippen LogP contribution in [0.25, 0.3) is 0 Å². The third-order valence-corrected chi connectivity index (χ3v) is 7.44. The minimum atomic E-state index is -6.03. The number of carbonyl (C=O) groups is 1. The van der Waals surface area contributed by atoms with Gasteiger partial charge in [-0.3, -0.25) is 10.3 Å². The van der Waals surface area contributed by atoms with Crippen LogP contribution < -0.4 is 14.2 Å². The number of nitrogens with one attached hydrogen (secondary N) is 1. The van der Waals surface area contributed by atoms with Crippen LogP contribution in [0.5, 0.6) is 17.2 Å². The number of halogens is 4. The molecule has 0 bridgehead atoms. The number of alkyl halides is 3. The molecule has 230 valence electrons. The molecule has 3 aliphatic heterocycles. The molecule has 1 atom stereocenters. The molecule has 15 heteroatoms. The Balaban J connectivity index is 1.66. The highest BCUT2D eigenvalue weighted by atomic mass is 32.2. The SMILES string of the molecule is CC1(C#Cc2cc(F)c3c(c2)C2(COCC(NC(=O)OC(C)(C)C)=N2)c2cc(OS(=O)(=O)C(F)(F)F)ccc2O3)COC1. The van der Waals surface area contributed by atoms with Crippen molar-refractivity contribution in [3.63, 3.8) is 0 Å². The van der Waals surface area contributed by atoms with Crippen LogP contribution in [0, 0.1) is 23.1 Å². The summed E-state index contributed by atoms with van der Waals surface area (Å²) >= 11 is 0. The summed E-state index contributed by atoms with van der Waals surface area (Å²) in [6.07, 6.45) is -0.866. The normalized spacial score (nSPS) is 20.7. The monoisotopic (exact) mass is 626 g/mol. The number of nitrogens with zero attached hydrogens (tertiary/aromatic N) is 1. The van der Waals surface area contributed by atoms with Gasteiger partial charge in [-0.05, 0) is 58.0 Å². The molecule has 0 saturated carbocycles. The second-order valence-electron chi connectivity index (χ2n) is 11.4. The Bertz CT molecular complexity index is 1680. The zero-order valence-corrected chi connectivity index (χ0v) is 24.2. The van der Waals surface area contributed by atoms with Crippen LogP contribution in [-0.2, 0) is 29.9 Å². The fraction of sp³-hybridized carbons (Fsp3) is 0.429. The fourth-order valence-electron chi connectivity index (χ4n) is 4.53. The minimum absolute atomic E-state index is 0.0121. The van der Waals surface area contributed by atoms with Crippen LogP contribution >= 0.6 is 0 Å². The smallest absolute Gasteiger partial charge is 0.453 e. The Labute approximate surface area is 244 Å². The van der Waals surface area contributed by atoms with Crippen LogP contribution in [0.15, 0.2) is 35.3 Å². The second kappa shape index (κ2) is 10.4. The highest BCUT2D eigenvalue weighted by molar-refractivity contribution is 7.88. The first-order valence-electron chi connectivity index (χ1n) is 12.8. The number of amidine groups is 1. The third-order valence-electron chi connectivity index (χ3n) is 6.46. The van der Waals surface area contributed by atoms with E-state index in [1.165, 1.54) is 6.07 Å². The largest absolute Gasteiger partial charge is 0.534 e. The molecule has 0 radical (unpaired) electrons. The maximum atomic E-state index is 15.6. The zero-order chi connectivity index (χ0) is 31.4. The van der Waals surface area contributed by atoms with Gasteiger partial charge in [0.1, 0.15) is 35.1 Å². The maximum absolute atomic E-state index is 15.6. The van der Waals surface area contributed by atoms with Gasteiger partial charge in [-0.2, -0.15) is 21.6 Å². The van der Waals surface area contributed by atoms with Crippen molar-refractivity contribution in [3.8, 4) is 29.1 Å². The summed E-state index contributed by atoms with van der Waals surface area (Å²) in [5.74, 6) is 4.06. The first kappa shape index (κ1) is 30.6. The van der Waals surface area contributed by atoms with Gasteiger partial charge in [0.25, 0.3) is 0 Å². The van der Waals surface area contributed by atoms with Gasteiger partial charge in [0, 0.05) is 16.7 Å². The van der Waals surface area contributed by atoms with Crippen molar-refractivity contribution in [1.29, 1.82) is 0 Å². The molecule has 2 aromatic carbocycles. The van der Waals surface area contributed by atoms with E-state index in [1.807, 2.05) is 6.92 Å². The number of carbonyl (C=O) groups excluding carboxylic acids is 1. The molecule has 10 nitrogen and oxygen atoms in total. The number of hydrogen-bond donors (Lipinski definition) is 1. The highest BCUT2D eigenvalue weighted by Gasteiger charge is 2.50. The molecule has 0 aromatic heterocycles. The van der Waals surface area contributed by atoms with Crippen LogP contribution in [0.4, 0.5) is 22.4 Å². The van der Waals surface area contributed by atoms with E-state index in [4.69, 9.17) is 18.9 Å². The Morgan fingerprint density at radius 1 is 1.07 bits per heavy atom. The molecule has 3 heterocycles. The van der Waals surface area contributed by atoms with E-state index in [0.717, 1.165) is 24.3 Å². The molecule has 1 unspecified atom stereocenters. The van der Waals surface area contributed by atoms with Crippen molar-refractivity contribution in [2.75, 3.05) is 26.4 Å². The molecular weight excluding hydrogens is 600 g/mol. The number of aliphatic imine (C=N–C) groups is 1. The molecule has 43 heavy (non-hydrogen) atoms. The molecule has 1 spiro atoms. The van der Waals surface area contributed by atoms with Crippen molar-refractivity contribution >= 4 is 22.0 Å². The molecular formula is C28H26F4N2O8S. The summed E-state index contributed by atoms with van der Waals surface area (Å²) in [5, 5.41) is 2.48. The molecule has 1 fully saturated rings. The molecule has 1 amide bonds. The van der Waals surface area contributed by atoms with Gasteiger partial charge < -0.3 is 23.1 Å². The summed E-state index contributed by atoms with van der Waals surface area (Å²) < 4.78 is 105. The molecule has 1 N–H and O–H groups in total. The number of amides is 1. The average Bonchev–Trinajstić information content (AvgIpc) is 2.86. The van der Waals surface area contributed by atoms with Crippen molar-refractivity contribution in [1.82, 2.24) is 5.32 Å². The van der Waals surface area contributed by atoms with Crippen molar-refractivity contribution in [3.05, 3.63) is 52.8 Å². The van der Waals surface area contributed by atoms with Crippen molar-refractivity contribution in [2.24, 2.45) is 10.4 Å². The summed E-state index contributed by atoms with van der Waals surface area (Å²) in [6.45, 7) is 7.12. The standard InChI is InChI=1S/C28H26F4N2O8S/c1-25(2,3)41-24(35)33-22-12-38-15-27(34-22)18-11-17(42-43(36,37)28(30,31)32)5-6-21(18)40-23-19(27)9-16(10-20(23)29)7-8-26(4)13-39-14-26/h5-6,9-11H,12-15H2,1-4H3,(H,33,34,35). The van der Waals surface area contributed by atoms with Gasteiger partial charge >= 0.3 is 21.7 Å². The first-order chi connectivity index (χ1) is 19.9. The van der Waals surface area contributed by atoms with E-state index in [2.05, 4.69) is 26.3 Å². The van der Waals surface area contributed by atoms with E-state index >= 15 is 4.39 Å². The fourth-order valence-corrected chi connectivity index (χ4v) is 4.99. The van der Waals surface area contributed by atoms with Gasteiger partial charge in [-0.25, -0.2) is 9.18 Å². The van der Waals surface area contributed by atoms with Crippen LogP contribution in [0.3, 0.4) is 0 Å². The Morgan fingerprint density at radius 2 is 1.79 bits per heavy atom. The number of fused-ring (bicyclic) bond motifs is 4. The summed E-state index contributed by atoms with van der Waals surface area (Å²) in [7, 11) is -6.03. The lowest BCUT2D eigenvalue weighted by Crippen LogP contribution is -2.46. The molecule has 0 aliphatic carbocycles. The predicted octanol–water partition coefficient (Wildman–Crippen LogP) is 4.74. The lowest BCUT2D eigenvalue weighted by atomic mass is 9.79. The molecule has 5 rings (SSSR count). The molecule has 3 aliphatic rings. The number of rotatable bonds is 2. The predicted molar refractivity (Wildman–Crippen MR) is 143 cm³/mol. The quantitative estimate of drug-likeness (QED) is 0.220. The Kier molecular flexibility index (Phi) is 7.39. The Hall–Kier alpha value is -3.87. The number of hydrogen-bond acceptors (Lipinski definition) is 9. The lowest BCUT2D eigenvalue weighted by Gasteiger charge is -2.40. The molecule has 2 aromatic rings. The third kappa shape index (κ3) is 6.13. The van der Waals surface area contributed by atoms with E-state index < -0.39 is 49.8 Å². The van der Waals surface area contributed by atoms with Crippen LogP contribution in [0.2, 0.25) is 0 Å². The average molecular weight is 627 g/mol. The van der Waals surface area contributed by atoms with Gasteiger partial charge in [-0.1, -0.05) is 11.8 Å². The molecule has 1 saturated heterocycles. The van der Waals surface area contributed by atoms with Gasteiger partial charge in [0.2, 0.25) is 0 Å². The maximum Gasteiger partial charge on any atom is 0.534 e. The minimum Gasteiger partial charge on any atom is -0.453 e.